The Morgan fingerprint density at radius 1 is 1.41 bits per heavy atom. The summed E-state index contributed by atoms with van der Waals surface area (Å²) in [5.74, 6) is -1.39. The van der Waals surface area contributed by atoms with Crippen molar-refractivity contribution in [1.82, 2.24) is 4.57 Å². The largest absolute Gasteiger partial charge is 0.464 e. The molecule has 0 fully saturated rings. The number of amides is 1. The Labute approximate surface area is 130 Å². The molecule has 22 heavy (non-hydrogen) atoms. The molecule has 4 N–H and O–H groups in total. The third-order valence-corrected chi connectivity index (χ3v) is 3.35. The predicted molar refractivity (Wildman–Crippen MR) is 79.8 cm³/mol. The fourth-order valence-corrected chi connectivity index (χ4v) is 2.16. The Balaban J connectivity index is 2.78. The van der Waals surface area contributed by atoms with Gasteiger partial charge in [-0.2, -0.15) is 5.26 Å². The molecule has 1 aromatic carbocycles. The van der Waals surface area contributed by atoms with Gasteiger partial charge in [0.2, 0.25) is 5.91 Å². The molecule has 8 heteroatoms. The molecule has 0 atom stereocenters. The zero-order valence-corrected chi connectivity index (χ0v) is 12.2. The van der Waals surface area contributed by atoms with E-state index in [9.17, 15) is 9.59 Å². The maximum absolute atomic E-state index is 11.9. The number of benzene rings is 1. The van der Waals surface area contributed by atoms with E-state index in [-0.39, 0.29) is 33.2 Å². The molecule has 0 radical (unpaired) electrons. The molecule has 0 aliphatic rings. The quantitative estimate of drug-likeness (QED) is 0.829. The van der Waals surface area contributed by atoms with Crippen molar-refractivity contribution in [2.75, 3.05) is 12.8 Å². The number of anilines is 1. The van der Waals surface area contributed by atoms with E-state index in [0.717, 1.165) is 0 Å². The first-order valence-corrected chi connectivity index (χ1v) is 6.37. The fraction of sp³-hybridized carbons (Fsp3) is 0.0714. The lowest BCUT2D eigenvalue weighted by Crippen LogP contribution is -2.14. The van der Waals surface area contributed by atoms with Crippen LogP contribution in [0.15, 0.2) is 24.4 Å². The topological polar surface area (TPSA) is 124 Å². The van der Waals surface area contributed by atoms with E-state index in [0.29, 0.717) is 0 Å². The normalized spacial score (nSPS) is 10.0. The highest BCUT2D eigenvalue weighted by Crippen LogP contribution is 2.29. The van der Waals surface area contributed by atoms with Crippen molar-refractivity contribution in [2.45, 2.75) is 0 Å². The number of esters is 1. The van der Waals surface area contributed by atoms with Crippen molar-refractivity contribution in [1.29, 1.82) is 5.26 Å². The van der Waals surface area contributed by atoms with Crippen molar-refractivity contribution in [3.63, 3.8) is 0 Å². The van der Waals surface area contributed by atoms with Crippen LogP contribution < -0.4 is 11.5 Å². The number of halogens is 1. The van der Waals surface area contributed by atoms with Gasteiger partial charge in [0.15, 0.2) is 5.69 Å². The second kappa shape index (κ2) is 5.79. The molecule has 7 nitrogen and oxygen atoms in total. The smallest absolute Gasteiger partial charge is 0.357 e. The lowest BCUT2D eigenvalue weighted by molar-refractivity contribution is 0.0593. The van der Waals surface area contributed by atoms with E-state index in [2.05, 4.69) is 4.74 Å². The summed E-state index contributed by atoms with van der Waals surface area (Å²) in [5, 5.41) is 9.31. The minimum atomic E-state index is -0.737. The summed E-state index contributed by atoms with van der Waals surface area (Å²) >= 11 is 6.11. The van der Waals surface area contributed by atoms with E-state index < -0.39 is 11.9 Å². The maximum Gasteiger partial charge on any atom is 0.357 e. The third-order valence-electron chi connectivity index (χ3n) is 3.03. The molecule has 1 amide bonds. The second-order valence-electron chi connectivity index (χ2n) is 4.31. The Morgan fingerprint density at radius 3 is 2.64 bits per heavy atom. The molecule has 2 aromatic rings. The number of primary amides is 1. The fourth-order valence-electron chi connectivity index (χ4n) is 1.96. The lowest BCUT2D eigenvalue weighted by Gasteiger charge is -2.11. The van der Waals surface area contributed by atoms with Crippen LogP contribution in [0.3, 0.4) is 0 Å². The van der Waals surface area contributed by atoms with E-state index in [4.69, 9.17) is 28.3 Å². The van der Waals surface area contributed by atoms with Crippen molar-refractivity contribution >= 4 is 29.2 Å². The standard InChI is InChI=1S/C14H11ClN4O3/c1-22-14(21)12-11(17)8(5-16)6-19(12)10-4-7(13(18)20)2-3-9(10)15/h2-4,6H,17H2,1H3,(H2,18,20). The molecule has 1 heterocycles. The first-order valence-electron chi connectivity index (χ1n) is 5.99. The zero-order valence-electron chi connectivity index (χ0n) is 11.5. The first-order chi connectivity index (χ1) is 10.4. The van der Waals surface area contributed by atoms with Gasteiger partial charge >= 0.3 is 5.97 Å². The van der Waals surface area contributed by atoms with Crippen LogP contribution >= 0.6 is 11.6 Å². The molecule has 0 saturated carbocycles. The third kappa shape index (κ3) is 2.47. The van der Waals surface area contributed by atoms with Gasteiger partial charge in [0.05, 0.1) is 29.1 Å². The Morgan fingerprint density at radius 2 is 2.09 bits per heavy atom. The van der Waals surface area contributed by atoms with E-state index in [1.165, 1.54) is 36.1 Å². The van der Waals surface area contributed by atoms with Crippen LogP contribution in [0, 0.1) is 11.3 Å². The van der Waals surface area contributed by atoms with Gasteiger partial charge < -0.3 is 20.8 Å². The summed E-state index contributed by atoms with van der Waals surface area (Å²) in [6.45, 7) is 0. The van der Waals surface area contributed by atoms with Crippen molar-refractivity contribution in [3.8, 4) is 11.8 Å². The number of carbonyl (C=O) groups excluding carboxylic acids is 2. The number of ether oxygens (including phenoxy) is 1. The van der Waals surface area contributed by atoms with E-state index in [1.807, 2.05) is 6.07 Å². The molecule has 0 aliphatic carbocycles. The van der Waals surface area contributed by atoms with Crippen LogP contribution in [0.5, 0.6) is 0 Å². The number of nitrogens with two attached hydrogens (primary N) is 2. The number of methoxy groups -OCH3 is 1. The number of rotatable bonds is 3. The van der Waals surface area contributed by atoms with Gasteiger partial charge in [-0.1, -0.05) is 11.6 Å². The Kier molecular flexibility index (Phi) is 4.06. The highest BCUT2D eigenvalue weighted by Gasteiger charge is 2.23. The zero-order chi connectivity index (χ0) is 16.4. The van der Waals surface area contributed by atoms with Gasteiger partial charge in [0.25, 0.3) is 0 Å². The Bertz CT molecular complexity index is 820. The summed E-state index contributed by atoms with van der Waals surface area (Å²) in [5.41, 5.74) is 11.5. The number of hydrogen-bond donors (Lipinski definition) is 2. The first kappa shape index (κ1) is 15.4. The molecule has 1 aromatic heterocycles. The summed E-state index contributed by atoms with van der Waals surface area (Å²) in [6.07, 6.45) is 1.34. The van der Waals surface area contributed by atoms with Crippen LogP contribution in [0.1, 0.15) is 26.4 Å². The maximum atomic E-state index is 11.9. The van der Waals surface area contributed by atoms with E-state index in [1.54, 1.807) is 0 Å². The average molecular weight is 319 g/mol. The number of aromatic nitrogens is 1. The van der Waals surface area contributed by atoms with Crippen LogP contribution in [0.4, 0.5) is 5.69 Å². The van der Waals surface area contributed by atoms with Gasteiger partial charge in [0.1, 0.15) is 6.07 Å². The van der Waals surface area contributed by atoms with Gasteiger partial charge in [-0.25, -0.2) is 4.79 Å². The molecule has 0 unspecified atom stereocenters. The molecular weight excluding hydrogens is 308 g/mol. The highest BCUT2D eigenvalue weighted by molar-refractivity contribution is 6.32. The second-order valence-corrected chi connectivity index (χ2v) is 4.72. The number of hydrogen-bond acceptors (Lipinski definition) is 5. The molecule has 112 valence electrons. The molecular formula is C14H11ClN4O3. The van der Waals surface area contributed by atoms with Gasteiger partial charge in [-0.3, -0.25) is 4.79 Å². The summed E-state index contributed by atoms with van der Waals surface area (Å²) in [6, 6.07) is 6.18. The number of nitrogens with zero attached hydrogens (tertiary/aromatic N) is 2. The van der Waals surface area contributed by atoms with Gasteiger partial charge in [-0.15, -0.1) is 0 Å². The molecule has 0 spiro atoms. The predicted octanol–water partition coefficient (Wildman–Crippen LogP) is 1.47. The summed E-state index contributed by atoms with van der Waals surface area (Å²) in [4.78, 5) is 23.2. The average Bonchev–Trinajstić information content (AvgIpc) is 2.83. The summed E-state index contributed by atoms with van der Waals surface area (Å²) in [7, 11) is 1.19. The monoisotopic (exact) mass is 318 g/mol. The number of carbonyl (C=O) groups is 2. The van der Waals surface area contributed by atoms with Crippen LogP contribution in [-0.2, 0) is 4.74 Å². The van der Waals surface area contributed by atoms with Crippen molar-refractivity contribution < 1.29 is 14.3 Å². The number of nitriles is 1. The molecule has 0 aliphatic heterocycles. The molecule has 2 rings (SSSR count). The van der Waals surface area contributed by atoms with Gasteiger partial charge in [-0.05, 0) is 18.2 Å². The minimum absolute atomic E-state index is 0.0325. The Hall–Kier alpha value is -2.98. The molecule has 0 saturated heterocycles. The van der Waals surface area contributed by atoms with Crippen molar-refractivity contribution in [3.05, 3.63) is 46.2 Å². The highest BCUT2D eigenvalue weighted by atomic mass is 35.5. The number of nitrogen functional groups attached to an aromatic ring is 1. The van der Waals surface area contributed by atoms with Gasteiger partial charge in [0, 0.05) is 11.8 Å². The van der Waals surface area contributed by atoms with Crippen LogP contribution in [-0.4, -0.2) is 23.6 Å². The minimum Gasteiger partial charge on any atom is -0.464 e. The van der Waals surface area contributed by atoms with Crippen LogP contribution in [0.2, 0.25) is 5.02 Å². The lowest BCUT2D eigenvalue weighted by atomic mass is 10.2. The SMILES string of the molecule is COC(=O)c1c(N)c(C#N)cn1-c1cc(C(N)=O)ccc1Cl. The molecule has 0 bridgehead atoms. The summed E-state index contributed by atoms with van der Waals surface area (Å²) < 4.78 is 5.97. The van der Waals surface area contributed by atoms with Crippen molar-refractivity contribution in [2.24, 2.45) is 5.73 Å². The van der Waals surface area contributed by atoms with Crippen LogP contribution in [0.25, 0.3) is 5.69 Å². The van der Waals surface area contributed by atoms with E-state index >= 15 is 0 Å².